The second kappa shape index (κ2) is 6.43. The van der Waals surface area contributed by atoms with Crippen molar-refractivity contribution in [2.24, 2.45) is 0 Å². The molecular formula is C14H23N3S. The first-order valence-corrected chi connectivity index (χ1v) is 7.82. The Hall–Kier alpha value is -0.740. The molecule has 18 heavy (non-hydrogen) atoms. The first kappa shape index (κ1) is 13.7. The van der Waals surface area contributed by atoms with Crippen molar-refractivity contribution in [2.75, 3.05) is 36.5 Å². The van der Waals surface area contributed by atoms with Crippen molar-refractivity contribution in [3.63, 3.8) is 0 Å². The van der Waals surface area contributed by atoms with Crippen LogP contribution < -0.4 is 10.2 Å². The summed E-state index contributed by atoms with van der Waals surface area (Å²) in [5.74, 6) is 3.69. The minimum atomic E-state index is 0.901. The summed E-state index contributed by atoms with van der Waals surface area (Å²) in [6.45, 7) is 7.44. The summed E-state index contributed by atoms with van der Waals surface area (Å²) in [7, 11) is 2.00. The standard InChI is InChI=1S/C14H23N3S/c1-11-9-12(2)16-14(13(11)10-15-3)17-5-4-7-18-8-6-17/h9,15H,4-8,10H2,1-3H3. The second-order valence-corrected chi connectivity index (χ2v) is 6.09. The zero-order valence-electron chi connectivity index (χ0n) is 11.6. The number of aryl methyl sites for hydroxylation is 2. The molecule has 1 aliphatic heterocycles. The van der Waals surface area contributed by atoms with Gasteiger partial charge in [-0.2, -0.15) is 11.8 Å². The van der Waals surface area contributed by atoms with Gasteiger partial charge < -0.3 is 10.2 Å². The lowest BCUT2D eigenvalue weighted by Gasteiger charge is -2.25. The fourth-order valence-electron chi connectivity index (χ4n) is 2.46. The molecule has 2 heterocycles. The first-order chi connectivity index (χ1) is 8.72. The number of nitrogens with one attached hydrogen (secondary N) is 1. The van der Waals surface area contributed by atoms with Gasteiger partial charge in [0.1, 0.15) is 5.82 Å². The molecule has 0 aromatic carbocycles. The Morgan fingerprint density at radius 3 is 2.94 bits per heavy atom. The zero-order valence-corrected chi connectivity index (χ0v) is 12.4. The predicted molar refractivity (Wildman–Crippen MR) is 80.6 cm³/mol. The van der Waals surface area contributed by atoms with E-state index in [0.717, 1.165) is 25.3 Å². The number of pyridine rings is 1. The van der Waals surface area contributed by atoms with E-state index in [1.807, 2.05) is 7.05 Å². The summed E-state index contributed by atoms with van der Waals surface area (Å²) in [6, 6.07) is 2.18. The van der Waals surface area contributed by atoms with Gasteiger partial charge in [0.2, 0.25) is 0 Å². The molecule has 0 bridgehead atoms. The Morgan fingerprint density at radius 1 is 1.33 bits per heavy atom. The second-order valence-electron chi connectivity index (χ2n) is 4.87. The van der Waals surface area contributed by atoms with Crippen molar-refractivity contribution in [3.8, 4) is 0 Å². The highest BCUT2D eigenvalue weighted by Crippen LogP contribution is 2.24. The molecule has 0 spiro atoms. The molecule has 1 aliphatic rings. The Morgan fingerprint density at radius 2 is 2.17 bits per heavy atom. The molecule has 1 N–H and O–H groups in total. The smallest absolute Gasteiger partial charge is 0.133 e. The lowest BCUT2D eigenvalue weighted by molar-refractivity contribution is 0.759. The maximum atomic E-state index is 4.79. The molecule has 2 rings (SSSR count). The van der Waals surface area contributed by atoms with E-state index in [4.69, 9.17) is 4.98 Å². The molecule has 0 radical (unpaired) electrons. The van der Waals surface area contributed by atoms with Crippen LogP contribution in [-0.4, -0.2) is 36.6 Å². The Bertz CT molecular complexity index is 398. The van der Waals surface area contributed by atoms with Crippen molar-refractivity contribution in [1.29, 1.82) is 0 Å². The van der Waals surface area contributed by atoms with Crippen molar-refractivity contribution < 1.29 is 0 Å². The first-order valence-electron chi connectivity index (χ1n) is 6.67. The molecule has 0 amide bonds. The summed E-state index contributed by atoms with van der Waals surface area (Å²) in [6.07, 6.45) is 1.26. The van der Waals surface area contributed by atoms with Gasteiger partial charge in [0.25, 0.3) is 0 Å². The van der Waals surface area contributed by atoms with Gasteiger partial charge in [0.15, 0.2) is 0 Å². The molecule has 100 valence electrons. The van der Waals surface area contributed by atoms with E-state index in [-0.39, 0.29) is 0 Å². The van der Waals surface area contributed by atoms with Crippen molar-refractivity contribution in [1.82, 2.24) is 10.3 Å². The molecule has 3 nitrogen and oxygen atoms in total. The van der Waals surface area contributed by atoms with Gasteiger partial charge in [0, 0.05) is 36.6 Å². The summed E-state index contributed by atoms with van der Waals surface area (Å²) in [5.41, 5.74) is 3.83. The lowest BCUT2D eigenvalue weighted by atomic mass is 10.1. The van der Waals surface area contributed by atoms with Crippen molar-refractivity contribution in [3.05, 3.63) is 22.9 Å². The Labute approximate surface area is 114 Å². The molecule has 0 unspecified atom stereocenters. The van der Waals surface area contributed by atoms with Crippen molar-refractivity contribution in [2.45, 2.75) is 26.8 Å². The number of anilines is 1. The zero-order chi connectivity index (χ0) is 13.0. The number of aromatic nitrogens is 1. The number of thioether (sulfide) groups is 1. The number of hydrogen-bond donors (Lipinski definition) is 1. The van der Waals surface area contributed by atoms with Gasteiger partial charge in [-0.25, -0.2) is 4.98 Å². The number of rotatable bonds is 3. The Kier molecular flexibility index (Phi) is 4.89. The van der Waals surface area contributed by atoms with Gasteiger partial charge in [-0.05, 0) is 44.7 Å². The largest absolute Gasteiger partial charge is 0.355 e. The third-order valence-electron chi connectivity index (χ3n) is 3.33. The van der Waals surface area contributed by atoms with Crippen LogP contribution in [0.5, 0.6) is 0 Å². The molecular weight excluding hydrogens is 242 g/mol. The van der Waals surface area contributed by atoms with Crippen molar-refractivity contribution >= 4 is 17.6 Å². The maximum absolute atomic E-state index is 4.79. The minimum absolute atomic E-state index is 0.901. The van der Waals surface area contributed by atoms with E-state index in [1.54, 1.807) is 0 Å². The van der Waals surface area contributed by atoms with Crippen LogP contribution in [0.4, 0.5) is 5.82 Å². The van der Waals surface area contributed by atoms with E-state index < -0.39 is 0 Å². The quantitative estimate of drug-likeness (QED) is 0.908. The molecule has 0 atom stereocenters. The van der Waals surface area contributed by atoms with Crippen LogP contribution in [0.1, 0.15) is 23.2 Å². The fourth-order valence-corrected chi connectivity index (χ4v) is 3.35. The van der Waals surface area contributed by atoms with Gasteiger partial charge >= 0.3 is 0 Å². The van der Waals surface area contributed by atoms with E-state index >= 15 is 0 Å². The molecule has 1 aromatic heterocycles. The summed E-state index contributed by atoms with van der Waals surface area (Å²) < 4.78 is 0. The van der Waals surface area contributed by atoms with E-state index in [2.05, 4.69) is 41.9 Å². The van der Waals surface area contributed by atoms with Crippen LogP contribution in [0.2, 0.25) is 0 Å². The van der Waals surface area contributed by atoms with Gasteiger partial charge in [0.05, 0.1) is 0 Å². The normalized spacial score (nSPS) is 16.7. The predicted octanol–water partition coefficient (Wildman–Crippen LogP) is 2.36. The molecule has 4 heteroatoms. The molecule has 0 saturated carbocycles. The third kappa shape index (κ3) is 3.18. The Balaban J connectivity index is 2.33. The third-order valence-corrected chi connectivity index (χ3v) is 4.38. The van der Waals surface area contributed by atoms with E-state index in [9.17, 15) is 0 Å². The highest BCUT2D eigenvalue weighted by Gasteiger charge is 2.16. The maximum Gasteiger partial charge on any atom is 0.133 e. The van der Waals surface area contributed by atoms with Crippen LogP contribution in [-0.2, 0) is 6.54 Å². The minimum Gasteiger partial charge on any atom is -0.355 e. The van der Waals surface area contributed by atoms with Gasteiger partial charge in [-0.3, -0.25) is 0 Å². The van der Waals surface area contributed by atoms with E-state index in [1.165, 1.54) is 34.9 Å². The molecule has 1 saturated heterocycles. The summed E-state index contributed by atoms with van der Waals surface area (Å²) in [4.78, 5) is 7.26. The molecule has 0 aliphatic carbocycles. The van der Waals surface area contributed by atoms with Crippen LogP contribution in [0.3, 0.4) is 0 Å². The SMILES string of the molecule is CNCc1c(C)cc(C)nc1N1CCCSCC1. The molecule has 1 aromatic rings. The summed E-state index contributed by atoms with van der Waals surface area (Å²) in [5, 5.41) is 3.27. The number of hydrogen-bond acceptors (Lipinski definition) is 4. The topological polar surface area (TPSA) is 28.2 Å². The average molecular weight is 265 g/mol. The fraction of sp³-hybridized carbons (Fsp3) is 0.643. The van der Waals surface area contributed by atoms with Gasteiger partial charge in [-0.15, -0.1) is 0 Å². The van der Waals surface area contributed by atoms with Crippen LogP contribution in [0, 0.1) is 13.8 Å². The van der Waals surface area contributed by atoms with Crippen LogP contribution in [0.25, 0.3) is 0 Å². The monoisotopic (exact) mass is 265 g/mol. The average Bonchev–Trinajstić information content (AvgIpc) is 2.61. The molecule has 1 fully saturated rings. The van der Waals surface area contributed by atoms with Crippen LogP contribution in [0.15, 0.2) is 6.07 Å². The van der Waals surface area contributed by atoms with Gasteiger partial charge in [-0.1, -0.05) is 0 Å². The highest BCUT2D eigenvalue weighted by atomic mass is 32.2. The summed E-state index contributed by atoms with van der Waals surface area (Å²) >= 11 is 2.06. The highest BCUT2D eigenvalue weighted by molar-refractivity contribution is 7.99. The van der Waals surface area contributed by atoms with E-state index in [0.29, 0.717) is 0 Å². The number of nitrogens with zero attached hydrogens (tertiary/aromatic N) is 2. The van der Waals surface area contributed by atoms with Crippen LogP contribution >= 0.6 is 11.8 Å². The lowest BCUT2D eigenvalue weighted by Crippen LogP contribution is -2.29.